The van der Waals surface area contributed by atoms with Crippen molar-refractivity contribution in [2.75, 3.05) is 12.4 Å². The van der Waals surface area contributed by atoms with E-state index in [1.54, 1.807) is 24.3 Å². The summed E-state index contributed by atoms with van der Waals surface area (Å²) in [6.45, 7) is 2.12. The third-order valence-corrected chi connectivity index (χ3v) is 4.95. The van der Waals surface area contributed by atoms with Gasteiger partial charge in [0.15, 0.2) is 0 Å². The number of furan rings is 1. The molecule has 6 nitrogen and oxygen atoms in total. The molecule has 1 N–H and O–H groups in total. The van der Waals surface area contributed by atoms with Gasteiger partial charge in [-0.3, -0.25) is 0 Å². The second kappa shape index (κ2) is 7.14. The van der Waals surface area contributed by atoms with Crippen LogP contribution in [0.1, 0.15) is 21.9 Å². The Bertz CT molecular complexity index is 858. The molecule has 3 aromatic rings. The number of nitrogens with zero attached hydrogens (tertiary/aromatic N) is 2. The third-order valence-electron chi connectivity index (χ3n) is 3.31. The molecule has 0 fully saturated rings. The van der Waals surface area contributed by atoms with Crippen molar-refractivity contribution in [2.24, 2.45) is 0 Å². The molecule has 0 saturated heterocycles. The molecular weight excluding hydrogens is 394 g/mol. The summed E-state index contributed by atoms with van der Waals surface area (Å²) in [6, 6.07) is 9.39. The zero-order valence-electron chi connectivity index (χ0n) is 13.0. The van der Waals surface area contributed by atoms with Gasteiger partial charge in [0.2, 0.25) is 0 Å². The number of thiophene rings is 1. The van der Waals surface area contributed by atoms with Gasteiger partial charge >= 0.3 is 5.97 Å². The fourth-order valence-electron chi connectivity index (χ4n) is 2.13. The number of methoxy groups -OCH3 is 1. The van der Waals surface area contributed by atoms with Crippen molar-refractivity contribution in [1.82, 2.24) is 10.2 Å². The molecule has 0 spiro atoms. The van der Waals surface area contributed by atoms with Crippen LogP contribution in [0.4, 0.5) is 5.82 Å². The number of ether oxygens (including phenoxy) is 1. The first-order valence-electron chi connectivity index (χ1n) is 7.08. The summed E-state index contributed by atoms with van der Waals surface area (Å²) < 4.78 is 11.3. The van der Waals surface area contributed by atoms with Crippen LogP contribution in [0.3, 0.4) is 0 Å². The predicted molar refractivity (Wildman–Crippen MR) is 95.2 cm³/mol. The summed E-state index contributed by atoms with van der Waals surface area (Å²) >= 11 is 5.03. The summed E-state index contributed by atoms with van der Waals surface area (Å²) in [5.74, 6) is 1.38. The van der Waals surface area contributed by atoms with Crippen LogP contribution in [0.5, 0.6) is 0 Å². The van der Waals surface area contributed by atoms with Gasteiger partial charge in [0, 0.05) is 0 Å². The number of halogens is 1. The van der Waals surface area contributed by atoms with Crippen molar-refractivity contribution >= 4 is 39.1 Å². The van der Waals surface area contributed by atoms with E-state index in [1.165, 1.54) is 7.11 Å². The molecule has 124 valence electrons. The molecule has 24 heavy (non-hydrogen) atoms. The standard InChI is InChI=1S/C16H14BrN3O3S/c1-9-11(16(21)22-2)7-10(23-9)8-18-15-6-3-12(19-20-15)13-4-5-14(17)24-13/h3-7H,8H2,1-2H3,(H,18,20). The Morgan fingerprint density at radius 1 is 1.33 bits per heavy atom. The second-order valence-corrected chi connectivity index (χ2v) is 7.40. The topological polar surface area (TPSA) is 77.2 Å². The Hall–Kier alpha value is -2.19. The Morgan fingerprint density at radius 2 is 2.17 bits per heavy atom. The molecule has 0 radical (unpaired) electrons. The van der Waals surface area contributed by atoms with E-state index >= 15 is 0 Å². The molecule has 0 aromatic carbocycles. The monoisotopic (exact) mass is 407 g/mol. The van der Waals surface area contributed by atoms with Gasteiger partial charge in [0.25, 0.3) is 0 Å². The number of hydrogen-bond acceptors (Lipinski definition) is 7. The van der Waals surface area contributed by atoms with E-state index in [0.717, 1.165) is 14.4 Å². The lowest BCUT2D eigenvalue weighted by Gasteiger charge is -2.03. The van der Waals surface area contributed by atoms with E-state index in [4.69, 9.17) is 9.15 Å². The highest BCUT2D eigenvalue weighted by Crippen LogP contribution is 2.29. The lowest BCUT2D eigenvalue weighted by Crippen LogP contribution is -2.02. The first-order chi connectivity index (χ1) is 11.6. The lowest BCUT2D eigenvalue weighted by molar-refractivity contribution is 0.0599. The maximum absolute atomic E-state index is 11.6. The van der Waals surface area contributed by atoms with E-state index < -0.39 is 5.97 Å². The van der Waals surface area contributed by atoms with Crippen LogP contribution >= 0.6 is 27.3 Å². The van der Waals surface area contributed by atoms with Crippen molar-refractivity contribution in [3.8, 4) is 10.6 Å². The number of aryl methyl sites for hydroxylation is 1. The number of anilines is 1. The van der Waals surface area contributed by atoms with E-state index in [9.17, 15) is 4.79 Å². The molecule has 0 saturated carbocycles. The number of nitrogens with one attached hydrogen (secondary N) is 1. The van der Waals surface area contributed by atoms with Crippen LogP contribution in [0.25, 0.3) is 10.6 Å². The van der Waals surface area contributed by atoms with Crippen molar-refractivity contribution in [1.29, 1.82) is 0 Å². The number of carbonyl (C=O) groups excluding carboxylic acids is 1. The molecule has 0 bridgehead atoms. The molecule has 3 rings (SSSR count). The highest BCUT2D eigenvalue weighted by Gasteiger charge is 2.15. The Balaban J connectivity index is 1.66. The Labute approximate surface area is 151 Å². The largest absolute Gasteiger partial charge is 0.465 e. The van der Waals surface area contributed by atoms with Crippen LogP contribution in [-0.2, 0) is 11.3 Å². The highest BCUT2D eigenvalue weighted by molar-refractivity contribution is 9.11. The van der Waals surface area contributed by atoms with Crippen molar-refractivity contribution in [2.45, 2.75) is 13.5 Å². The quantitative estimate of drug-likeness (QED) is 0.636. The van der Waals surface area contributed by atoms with E-state index in [2.05, 4.69) is 31.4 Å². The van der Waals surface area contributed by atoms with Crippen LogP contribution in [-0.4, -0.2) is 23.3 Å². The van der Waals surface area contributed by atoms with Gasteiger partial charge in [0.1, 0.15) is 28.6 Å². The molecule has 0 atom stereocenters. The summed E-state index contributed by atoms with van der Waals surface area (Å²) in [5.41, 5.74) is 1.25. The summed E-state index contributed by atoms with van der Waals surface area (Å²) in [4.78, 5) is 12.6. The molecule has 0 amide bonds. The molecular formula is C16H14BrN3O3S. The second-order valence-electron chi connectivity index (χ2n) is 4.94. The zero-order valence-corrected chi connectivity index (χ0v) is 15.4. The molecule has 0 aliphatic rings. The maximum Gasteiger partial charge on any atom is 0.341 e. The molecule has 0 aliphatic carbocycles. The molecule has 3 aromatic heterocycles. The van der Waals surface area contributed by atoms with Gasteiger partial charge in [-0.1, -0.05) is 0 Å². The molecule has 0 unspecified atom stereocenters. The van der Waals surface area contributed by atoms with Gasteiger partial charge in [0.05, 0.1) is 22.3 Å². The SMILES string of the molecule is COC(=O)c1cc(CNc2ccc(-c3ccc(Br)s3)nn2)oc1C. The van der Waals surface area contributed by atoms with Gasteiger partial charge in [-0.2, -0.15) is 0 Å². The molecule has 8 heteroatoms. The number of aromatic nitrogens is 2. The van der Waals surface area contributed by atoms with Crippen LogP contribution in [0.15, 0.2) is 38.5 Å². The summed E-state index contributed by atoms with van der Waals surface area (Å²) in [7, 11) is 1.34. The van der Waals surface area contributed by atoms with Crippen molar-refractivity contribution in [3.05, 3.63) is 51.2 Å². The summed E-state index contributed by atoms with van der Waals surface area (Å²) in [5, 5.41) is 11.5. The van der Waals surface area contributed by atoms with Gasteiger partial charge in [-0.05, 0) is 53.2 Å². The number of carbonyl (C=O) groups is 1. The first-order valence-corrected chi connectivity index (χ1v) is 8.68. The lowest BCUT2D eigenvalue weighted by atomic mass is 10.2. The van der Waals surface area contributed by atoms with Crippen LogP contribution in [0.2, 0.25) is 0 Å². The fraction of sp³-hybridized carbons (Fsp3) is 0.188. The van der Waals surface area contributed by atoms with E-state index in [0.29, 0.717) is 29.4 Å². The van der Waals surface area contributed by atoms with E-state index in [-0.39, 0.29) is 0 Å². The minimum absolute atomic E-state index is 0.399. The van der Waals surface area contributed by atoms with Crippen molar-refractivity contribution in [3.63, 3.8) is 0 Å². The highest BCUT2D eigenvalue weighted by atomic mass is 79.9. The minimum Gasteiger partial charge on any atom is -0.465 e. The predicted octanol–water partition coefficient (Wildman–Crippen LogP) is 4.27. The average molecular weight is 408 g/mol. The Kier molecular flexibility index (Phi) is 4.96. The minimum atomic E-state index is -0.409. The zero-order chi connectivity index (χ0) is 17.1. The van der Waals surface area contributed by atoms with Gasteiger partial charge in [-0.15, -0.1) is 21.5 Å². The smallest absolute Gasteiger partial charge is 0.341 e. The van der Waals surface area contributed by atoms with Crippen LogP contribution < -0.4 is 5.32 Å². The normalized spacial score (nSPS) is 10.6. The first kappa shape index (κ1) is 16.7. The fourth-order valence-corrected chi connectivity index (χ4v) is 3.48. The molecule has 3 heterocycles. The van der Waals surface area contributed by atoms with Gasteiger partial charge in [-0.25, -0.2) is 4.79 Å². The van der Waals surface area contributed by atoms with Gasteiger partial charge < -0.3 is 14.5 Å². The number of hydrogen-bond donors (Lipinski definition) is 1. The number of rotatable bonds is 5. The average Bonchev–Trinajstić information content (AvgIpc) is 3.18. The van der Waals surface area contributed by atoms with Crippen LogP contribution in [0, 0.1) is 6.92 Å². The van der Waals surface area contributed by atoms with Crippen molar-refractivity contribution < 1.29 is 13.9 Å². The maximum atomic E-state index is 11.6. The Morgan fingerprint density at radius 3 is 2.79 bits per heavy atom. The molecule has 0 aliphatic heterocycles. The summed E-state index contributed by atoms with van der Waals surface area (Å²) in [6.07, 6.45) is 0. The van der Waals surface area contributed by atoms with E-state index in [1.807, 2.05) is 24.3 Å². The number of esters is 1. The third kappa shape index (κ3) is 3.65.